The van der Waals surface area contributed by atoms with Gasteiger partial charge in [0.05, 0.1) is 10.4 Å². The largest absolute Gasteiger partial charge is 0.342 e. The summed E-state index contributed by atoms with van der Waals surface area (Å²) in [4.78, 5) is 2.25. The lowest BCUT2D eigenvalue weighted by Gasteiger charge is -2.27. The third kappa shape index (κ3) is 3.49. The molecule has 0 saturated carbocycles. The molecule has 5 heteroatoms. The molecule has 0 saturated heterocycles. The van der Waals surface area contributed by atoms with E-state index in [1.807, 2.05) is 0 Å². The standard InChI is InChI=1S/C25H20N3PS/c1-28(22-16-10-18-24-25(22)26-27-30-24)21-15-8-9-17-23(21)29(19-11-4-2-5-12-19)20-13-6-3-7-14-20/h2-18H,1H3. The van der Waals surface area contributed by atoms with Crippen molar-refractivity contribution in [1.82, 2.24) is 9.59 Å². The van der Waals surface area contributed by atoms with Crippen molar-refractivity contribution >= 4 is 57.0 Å². The molecular formula is C25H20N3PS. The van der Waals surface area contributed by atoms with Crippen LogP contribution in [0.4, 0.5) is 11.4 Å². The van der Waals surface area contributed by atoms with Gasteiger partial charge in [0.25, 0.3) is 0 Å². The molecule has 3 nitrogen and oxygen atoms in total. The lowest BCUT2D eigenvalue weighted by Crippen LogP contribution is -2.25. The molecular weight excluding hydrogens is 405 g/mol. The first-order chi connectivity index (χ1) is 14.8. The van der Waals surface area contributed by atoms with E-state index < -0.39 is 7.92 Å². The lowest BCUT2D eigenvalue weighted by molar-refractivity contribution is 1.17. The van der Waals surface area contributed by atoms with Crippen LogP contribution < -0.4 is 20.8 Å². The topological polar surface area (TPSA) is 29.0 Å². The van der Waals surface area contributed by atoms with Crippen LogP contribution in [0.3, 0.4) is 0 Å². The van der Waals surface area contributed by atoms with Gasteiger partial charge in [0, 0.05) is 18.0 Å². The lowest BCUT2D eigenvalue weighted by atomic mass is 10.2. The quantitative estimate of drug-likeness (QED) is 0.362. The van der Waals surface area contributed by atoms with Gasteiger partial charge in [-0.1, -0.05) is 89.4 Å². The fourth-order valence-electron chi connectivity index (χ4n) is 3.71. The number of hydrogen-bond acceptors (Lipinski definition) is 4. The number of rotatable bonds is 5. The predicted octanol–water partition coefficient (Wildman–Crippen LogP) is 5.22. The number of anilines is 2. The number of aromatic nitrogens is 2. The summed E-state index contributed by atoms with van der Waals surface area (Å²) in [5.41, 5.74) is 3.21. The van der Waals surface area contributed by atoms with E-state index in [-0.39, 0.29) is 0 Å². The normalized spacial score (nSPS) is 11.1. The highest BCUT2D eigenvalue weighted by Gasteiger charge is 2.22. The van der Waals surface area contributed by atoms with Gasteiger partial charge in [0.1, 0.15) is 5.52 Å². The van der Waals surface area contributed by atoms with Gasteiger partial charge < -0.3 is 4.90 Å². The number of fused-ring (bicyclic) bond motifs is 1. The summed E-state index contributed by atoms with van der Waals surface area (Å²) in [5, 5.41) is 8.40. The van der Waals surface area contributed by atoms with Crippen LogP contribution in [0.1, 0.15) is 0 Å². The van der Waals surface area contributed by atoms with Crippen LogP contribution in [-0.4, -0.2) is 16.6 Å². The first kappa shape index (κ1) is 18.9. The van der Waals surface area contributed by atoms with Crippen LogP contribution in [0.25, 0.3) is 10.2 Å². The fraction of sp³-hybridized carbons (Fsp3) is 0.0400. The molecule has 146 valence electrons. The molecule has 0 N–H and O–H groups in total. The van der Waals surface area contributed by atoms with E-state index in [0.29, 0.717) is 0 Å². The minimum atomic E-state index is -0.696. The zero-order valence-corrected chi connectivity index (χ0v) is 18.2. The second kappa shape index (κ2) is 8.35. The van der Waals surface area contributed by atoms with Gasteiger partial charge in [-0.25, -0.2) is 0 Å². The van der Waals surface area contributed by atoms with Crippen LogP contribution in [0.15, 0.2) is 103 Å². The Morgan fingerprint density at radius 2 is 1.27 bits per heavy atom. The maximum Gasteiger partial charge on any atom is 0.129 e. The number of nitrogens with zero attached hydrogens (tertiary/aromatic N) is 3. The molecule has 5 rings (SSSR count). The van der Waals surface area contributed by atoms with Gasteiger partial charge in [-0.05, 0) is 48.3 Å². The van der Waals surface area contributed by atoms with Gasteiger partial charge >= 0.3 is 0 Å². The third-order valence-electron chi connectivity index (χ3n) is 5.13. The van der Waals surface area contributed by atoms with Crippen LogP contribution in [-0.2, 0) is 0 Å². The molecule has 0 aliphatic carbocycles. The predicted molar refractivity (Wildman–Crippen MR) is 131 cm³/mol. The maximum atomic E-state index is 4.39. The Morgan fingerprint density at radius 1 is 0.667 bits per heavy atom. The van der Waals surface area contributed by atoms with Crippen molar-refractivity contribution in [2.75, 3.05) is 11.9 Å². The van der Waals surface area contributed by atoms with Crippen molar-refractivity contribution in [3.63, 3.8) is 0 Å². The van der Waals surface area contributed by atoms with Gasteiger partial charge in [0.2, 0.25) is 0 Å². The second-order valence-corrected chi connectivity index (χ2v) is 9.92. The second-order valence-electron chi connectivity index (χ2n) is 6.95. The SMILES string of the molecule is CN(c1ccccc1P(c1ccccc1)c1ccccc1)c1cccc2snnc12. The summed E-state index contributed by atoms with van der Waals surface area (Å²) in [6, 6.07) is 36.6. The van der Waals surface area contributed by atoms with E-state index in [9.17, 15) is 0 Å². The van der Waals surface area contributed by atoms with E-state index >= 15 is 0 Å². The van der Waals surface area contributed by atoms with Crippen molar-refractivity contribution in [3.8, 4) is 0 Å². The monoisotopic (exact) mass is 425 g/mol. The molecule has 4 aromatic carbocycles. The minimum Gasteiger partial charge on any atom is -0.342 e. The van der Waals surface area contributed by atoms with Crippen molar-refractivity contribution in [2.45, 2.75) is 0 Å². The summed E-state index contributed by atoms with van der Waals surface area (Å²) in [6.45, 7) is 0. The fourth-order valence-corrected chi connectivity index (χ4v) is 6.77. The van der Waals surface area contributed by atoms with Gasteiger partial charge in [0.15, 0.2) is 0 Å². The maximum absolute atomic E-state index is 4.39. The number of benzene rings is 4. The average Bonchev–Trinajstić information content (AvgIpc) is 3.30. The molecule has 0 spiro atoms. The Labute approximate surface area is 181 Å². The van der Waals surface area contributed by atoms with Crippen LogP contribution >= 0.6 is 19.5 Å². The molecule has 0 aliphatic heterocycles. The molecule has 0 amide bonds. The molecule has 30 heavy (non-hydrogen) atoms. The Bertz CT molecular complexity index is 1230. The zero-order valence-electron chi connectivity index (χ0n) is 16.5. The molecule has 0 bridgehead atoms. The molecule has 0 aliphatic rings. The Kier molecular flexibility index (Phi) is 5.27. The van der Waals surface area contributed by atoms with E-state index in [2.05, 4.69) is 125 Å². The first-order valence-corrected chi connectivity index (χ1v) is 11.9. The Hall–Kier alpha value is -3.07. The molecule has 1 aromatic heterocycles. The summed E-state index contributed by atoms with van der Waals surface area (Å²) < 4.78 is 5.26. The highest BCUT2D eigenvalue weighted by molar-refractivity contribution is 7.80. The average molecular weight is 425 g/mol. The smallest absolute Gasteiger partial charge is 0.129 e. The minimum absolute atomic E-state index is 0.696. The van der Waals surface area contributed by atoms with Crippen molar-refractivity contribution in [1.29, 1.82) is 0 Å². The van der Waals surface area contributed by atoms with Gasteiger partial charge in [-0.2, -0.15) is 0 Å². The number of para-hydroxylation sites is 1. The highest BCUT2D eigenvalue weighted by atomic mass is 32.1. The molecule has 1 heterocycles. The Balaban J connectivity index is 1.69. The molecule has 0 atom stereocenters. The van der Waals surface area contributed by atoms with Crippen LogP contribution in [0.5, 0.6) is 0 Å². The third-order valence-corrected chi connectivity index (χ3v) is 8.31. The first-order valence-electron chi connectivity index (χ1n) is 9.77. The molecule has 0 radical (unpaired) electrons. The highest BCUT2D eigenvalue weighted by Crippen LogP contribution is 2.39. The summed E-state index contributed by atoms with van der Waals surface area (Å²) in [5.74, 6) is 0. The molecule has 5 aromatic rings. The zero-order chi connectivity index (χ0) is 20.3. The summed E-state index contributed by atoms with van der Waals surface area (Å²) in [7, 11) is 1.43. The van der Waals surface area contributed by atoms with Crippen molar-refractivity contribution < 1.29 is 0 Å². The van der Waals surface area contributed by atoms with Gasteiger partial charge in [-0.15, -0.1) is 5.10 Å². The summed E-state index contributed by atoms with van der Waals surface area (Å²) in [6.07, 6.45) is 0. The van der Waals surface area contributed by atoms with E-state index in [4.69, 9.17) is 0 Å². The molecule has 0 fully saturated rings. The summed E-state index contributed by atoms with van der Waals surface area (Å²) >= 11 is 1.43. The van der Waals surface area contributed by atoms with Crippen LogP contribution in [0, 0.1) is 0 Å². The number of hydrogen-bond donors (Lipinski definition) is 0. The van der Waals surface area contributed by atoms with Crippen LogP contribution in [0.2, 0.25) is 0 Å². The van der Waals surface area contributed by atoms with Crippen molar-refractivity contribution in [2.24, 2.45) is 0 Å². The van der Waals surface area contributed by atoms with E-state index in [1.54, 1.807) is 0 Å². The van der Waals surface area contributed by atoms with Crippen molar-refractivity contribution in [3.05, 3.63) is 103 Å². The molecule has 0 unspecified atom stereocenters. The van der Waals surface area contributed by atoms with Gasteiger partial charge in [-0.3, -0.25) is 0 Å². The van der Waals surface area contributed by atoms with E-state index in [1.165, 1.54) is 33.1 Å². The van der Waals surface area contributed by atoms with E-state index in [0.717, 1.165) is 15.9 Å². The Morgan fingerprint density at radius 3 is 1.97 bits per heavy atom.